The fraction of sp³-hybridized carbons (Fsp3) is 0.391. The number of aryl methyl sites for hydroxylation is 1. The number of piperidine rings is 1. The van der Waals surface area contributed by atoms with E-state index in [0.29, 0.717) is 19.5 Å². The van der Waals surface area contributed by atoms with E-state index in [1.54, 1.807) is 0 Å². The Bertz CT molecular complexity index is 788. The van der Waals surface area contributed by atoms with Crippen LogP contribution < -0.4 is 4.90 Å². The van der Waals surface area contributed by atoms with Crippen molar-refractivity contribution in [2.75, 3.05) is 24.5 Å². The van der Waals surface area contributed by atoms with Gasteiger partial charge in [-0.1, -0.05) is 48.5 Å². The fourth-order valence-corrected chi connectivity index (χ4v) is 3.82. The first-order valence-electron chi connectivity index (χ1n) is 9.79. The predicted octanol–water partition coefficient (Wildman–Crippen LogP) is 3.83. The van der Waals surface area contributed by atoms with Gasteiger partial charge in [-0.3, -0.25) is 9.59 Å². The van der Waals surface area contributed by atoms with Crippen LogP contribution in [0.3, 0.4) is 0 Å². The SMILES string of the molecule is CCN(C(=O)C1CCCN(C(=O)Cc2ccccc2)C1)c1ccccc1C. The van der Waals surface area contributed by atoms with Crippen molar-refractivity contribution in [2.45, 2.75) is 33.1 Å². The molecule has 3 rings (SSSR count). The van der Waals surface area contributed by atoms with Crippen LogP contribution in [-0.4, -0.2) is 36.3 Å². The number of rotatable bonds is 5. The number of anilines is 1. The van der Waals surface area contributed by atoms with Crippen molar-refractivity contribution in [3.8, 4) is 0 Å². The highest BCUT2D eigenvalue weighted by Gasteiger charge is 2.31. The highest BCUT2D eigenvalue weighted by Crippen LogP contribution is 2.25. The molecule has 4 nitrogen and oxygen atoms in total. The molecule has 1 saturated heterocycles. The number of amides is 2. The minimum Gasteiger partial charge on any atom is -0.342 e. The van der Waals surface area contributed by atoms with E-state index in [2.05, 4.69) is 0 Å². The van der Waals surface area contributed by atoms with E-state index in [1.165, 1.54) is 0 Å². The molecular formula is C23H28N2O2. The summed E-state index contributed by atoms with van der Waals surface area (Å²) in [7, 11) is 0. The van der Waals surface area contributed by atoms with Crippen molar-refractivity contribution in [1.82, 2.24) is 4.90 Å². The smallest absolute Gasteiger partial charge is 0.231 e. The largest absolute Gasteiger partial charge is 0.342 e. The normalized spacial score (nSPS) is 16.8. The topological polar surface area (TPSA) is 40.6 Å². The second kappa shape index (κ2) is 8.85. The average molecular weight is 364 g/mol. The molecule has 27 heavy (non-hydrogen) atoms. The molecule has 2 amide bonds. The summed E-state index contributed by atoms with van der Waals surface area (Å²) in [5, 5.41) is 0. The molecule has 1 atom stereocenters. The lowest BCUT2D eigenvalue weighted by molar-refractivity contribution is -0.134. The molecule has 4 heteroatoms. The van der Waals surface area contributed by atoms with Gasteiger partial charge in [-0.05, 0) is 43.9 Å². The van der Waals surface area contributed by atoms with Crippen LogP contribution in [0.4, 0.5) is 5.69 Å². The highest BCUT2D eigenvalue weighted by molar-refractivity contribution is 5.96. The van der Waals surface area contributed by atoms with E-state index >= 15 is 0 Å². The zero-order chi connectivity index (χ0) is 19.2. The van der Waals surface area contributed by atoms with Crippen molar-refractivity contribution in [3.63, 3.8) is 0 Å². The van der Waals surface area contributed by atoms with Crippen LogP contribution in [0.5, 0.6) is 0 Å². The van der Waals surface area contributed by atoms with Crippen LogP contribution in [0, 0.1) is 12.8 Å². The van der Waals surface area contributed by atoms with Crippen LogP contribution in [0.1, 0.15) is 30.9 Å². The Hall–Kier alpha value is -2.62. The number of likely N-dealkylation sites (tertiary alicyclic amines) is 1. The van der Waals surface area contributed by atoms with Gasteiger partial charge in [0.15, 0.2) is 0 Å². The average Bonchev–Trinajstić information content (AvgIpc) is 2.70. The number of hydrogen-bond donors (Lipinski definition) is 0. The number of hydrogen-bond acceptors (Lipinski definition) is 2. The van der Waals surface area contributed by atoms with Gasteiger partial charge in [-0.25, -0.2) is 0 Å². The number of carbonyl (C=O) groups is 2. The van der Waals surface area contributed by atoms with Gasteiger partial charge in [-0.15, -0.1) is 0 Å². The van der Waals surface area contributed by atoms with Gasteiger partial charge in [0, 0.05) is 25.3 Å². The first-order chi connectivity index (χ1) is 13.1. The zero-order valence-corrected chi connectivity index (χ0v) is 16.2. The van der Waals surface area contributed by atoms with Gasteiger partial charge in [-0.2, -0.15) is 0 Å². The third-order valence-corrected chi connectivity index (χ3v) is 5.31. The van der Waals surface area contributed by atoms with Gasteiger partial charge < -0.3 is 9.80 Å². The third kappa shape index (κ3) is 4.57. The Labute approximate surface area is 161 Å². The molecular weight excluding hydrogens is 336 g/mol. The molecule has 1 aliphatic heterocycles. The lowest BCUT2D eigenvalue weighted by Gasteiger charge is -2.35. The van der Waals surface area contributed by atoms with Crippen molar-refractivity contribution < 1.29 is 9.59 Å². The van der Waals surface area contributed by atoms with Gasteiger partial charge >= 0.3 is 0 Å². The van der Waals surface area contributed by atoms with Crippen molar-refractivity contribution in [3.05, 3.63) is 65.7 Å². The summed E-state index contributed by atoms with van der Waals surface area (Å²) in [5.41, 5.74) is 3.09. The Morgan fingerprint density at radius 1 is 1.07 bits per heavy atom. The van der Waals surface area contributed by atoms with E-state index in [0.717, 1.165) is 36.2 Å². The van der Waals surface area contributed by atoms with Crippen LogP contribution >= 0.6 is 0 Å². The Balaban J connectivity index is 1.68. The fourth-order valence-electron chi connectivity index (χ4n) is 3.82. The molecule has 0 saturated carbocycles. The van der Waals surface area contributed by atoms with Crippen LogP contribution in [-0.2, 0) is 16.0 Å². The van der Waals surface area contributed by atoms with E-state index in [4.69, 9.17) is 0 Å². The summed E-state index contributed by atoms with van der Waals surface area (Å²) >= 11 is 0. The zero-order valence-electron chi connectivity index (χ0n) is 16.2. The lowest BCUT2D eigenvalue weighted by atomic mass is 9.95. The molecule has 2 aromatic rings. The molecule has 1 unspecified atom stereocenters. The van der Waals surface area contributed by atoms with Gasteiger partial charge in [0.2, 0.25) is 11.8 Å². The van der Waals surface area contributed by atoms with Crippen LogP contribution in [0.25, 0.3) is 0 Å². The number of carbonyl (C=O) groups excluding carboxylic acids is 2. The molecule has 142 valence electrons. The number of benzene rings is 2. The van der Waals surface area contributed by atoms with Crippen molar-refractivity contribution >= 4 is 17.5 Å². The van der Waals surface area contributed by atoms with Gasteiger partial charge in [0.1, 0.15) is 0 Å². The highest BCUT2D eigenvalue weighted by atomic mass is 16.2. The maximum absolute atomic E-state index is 13.2. The minimum atomic E-state index is -0.127. The standard InChI is InChI=1S/C23H28N2O2/c1-3-25(21-14-8-7-10-18(21)2)23(27)20-13-9-15-24(17-20)22(26)16-19-11-5-4-6-12-19/h4-8,10-12,14,20H,3,9,13,15-17H2,1-2H3. The maximum Gasteiger partial charge on any atom is 0.231 e. The maximum atomic E-state index is 13.2. The second-order valence-corrected chi connectivity index (χ2v) is 7.21. The van der Waals surface area contributed by atoms with Crippen molar-refractivity contribution in [1.29, 1.82) is 0 Å². The summed E-state index contributed by atoms with van der Waals surface area (Å²) < 4.78 is 0. The molecule has 0 bridgehead atoms. The second-order valence-electron chi connectivity index (χ2n) is 7.21. The summed E-state index contributed by atoms with van der Waals surface area (Å²) in [6.45, 7) is 5.93. The summed E-state index contributed by atoms with van der Waals surface area (Å²) in [5.74, 6) is 0.111. The van der Waals surface area contributed by atoms with E-state index in [-0.39, 0.29) is 17.7 Å². The Morgan fingerprint density at radius 2 is 1.78 bits per heavy atom. The molecule has 0 aromatic heterocycles. The van der Waals surface area contributed by atoms with E-state index < -0.39 is 0 Å². The molecule has 0 radical (unpaired) electrons. The molecule has 1 heterocycles. The molecule has 0 spiro atoms. The monoisotopic (exact) mass is 364 g/mol. The van der Waals surface area contributed by atoms with E-state index in [1.807, 2.05) is 78.2 Å². The first kappa shape index (κ1) is 19.2. The summed E-state index contributed by atoms with van der Waals surface area (Å²) in [4.78, 5) is 29.6. The number of para-hydroxylation sites is 1. The molecule has 1 aliphatic rings. The van der Waals surface area contributed by atoms with Gasteiger partial charge in [0.25, 0.3) is 0 Å². The van der Waals surface area contributed by atoms with Gasteiger partial charge in [0.05, 0.1) is 12.3 Å². The lowest BCUT2D eigenvalue weighted by Crippen LogP contribution is -2.47. The third-order valence-electron chi connectivity index (χ3n) is 5.31. The Kier molecular flexibility index (Phi) is 6.28. The van der Waals surface area contributed by atoms with E-state index in [9.17, 15) is 9.59 Å². The quantitative estimate of drug-likeness (QED) is 0.809. The molecule has 0 aliphatic carbocycles. The molecule has 2 aromatic carbocycles. The molecule has 0 N–H and O–H groups in total. The van der Waals surface area contributed by atoms with Crippen LogP contribution in [0.2, 0.25) is 0 Å². The Morgan fingerprint density at radius 3 is 2.48 bits per heavy atom. The van der Waals surface area contributed by atoms with Crippen molar-refractivity contribution in [2.24, 2.45) is 5.92 Å². The molecule has 1 fully saturated rings. The van der Waals surface area contributed by atoms with Crippen LogP contribution in [0.15, 0.2) is 54.6 Å². The first-order valence-corrected chi connectivity index (χ1v) is 9.79. The number of nitrogens with zero attached hydrogens (tertiary/aromatic N) is 2. The summed E-state index contributed by atoms with van der Waals surface area (Å²) in [6, 6.07) is 17.8. The minimum absolute atomic E-state index is 0.109. The predicted molar refractivity (Wildman–Crippen MR) is 109 cm³/mol. The summed E-state index contributed by atoms with van der Waals surface area (Å²) in [6.07, 6.45) is 2.12.